The lowest BCUT2D eigenvalue weighted by atomic mass is 9.45. The van der Waals surface area contributed by atoms with Crippen molar-refractivity contribution in [2.24, 2.45) is 0 Å². The van der Waals surface area contributed by atoms with Crippen molar-refractivity contribution in [1.82, 2.24) is 0 Å². The van der Waals surface area contributed by atoms with E-state index in [2.05, 4.69) is 209 Å². The molecule has 0 radical (unpaired) electrons. The lowest BCUT2D eigenvalue weighted by Gasteiger charge is -2.45. The molecule has 10 aromatic rings. The number of anilines is 5. The highest BCUT2D eigenvalue weighted by Crippen LogP contribution is 2.57. The van der Waals surface area contributed by atoms with Gasteiger partial charge in [-0.05, 0) is 184 Å². The van der Waals surface area contributed by atoms with Crippen LogP contribution in [0.3, 0.4) is 0 Å². The molecule has 0 fully saturated rings. The molecule has 0 spiro atoms. The number of nitrogens with zero attached hydrogens (tertiary/aromatic N) is 2. The van der Waals surface area contributed by atoms with Gasteiger partial charge in [0.1, 0.15) is 33.6 Å². The molecular formula is C69H69BN2O3. The summed E-state index contributed by atoms with van der Waals surface area (Å²) in [7, 11) is 0. The maximum Gasteiger partial charge on any atom is 0.376 e. The maximum atomic E-state index is 7.76. The Kier molecular flexibility index (Phi) is 8.79. The summed E-state index contributed by atoms with van der Waals surface area (Å²) in [5, 5.41) is 5.69. The Bertz CT molecular complexity index is 4170. The van der Waals surface area contributed by atoms with Crippen LogP contribution in [0, 0.1) is 6.92 Å². The molecule has 7 aromatic carbocycles. The molecule has 3 aromatic heterocycles. The standard InChI is InChI=1S/C69H69BN2O3/c1-38-18-20-39(21-19-38)72-53-37-58-42(43-32-49-51(35-56(43)73-58)68(10,11)28-26-66(49,6)7)31-45(53)59-60-54(34-44-41-16-14-15-17-55(41)74-62(44)59)71(40-22-23-47-48(30-40)65(4,5)25-24-64(47,2)3)61-46-33-50-52(36-57(46)75-63(61)70(60)72)69(12,13)29-27-67(50,8)9/h14-23,30-37H,24-29H2,1-13H3. The molecule has 2 aliphatic heterocycles. The summed E-state index contributed by atoms with van der Waals surface area (Å²) >= 11 is 0. The Hall–Kier alpha value is -6.66. The molecule has 5 aliphatic rings. The molecule has 15 rings (SSSR count). The van der Waals surface area contributed by atoms with Crippen LogP contribution in [-0.2, 0) is 32.5 Å². The molecule has 0 saturated heterocycles. The smallest absolute Gasteiger partial charge is 0.376 e. The molecule has 0 unspecified atom stereocenters. The van der Waals surface area contributed by atoms with Gasteiger partial charge in [0.05, 0.1) is 5.69 Å². The molecule has 0 bridgehead atoms. The predicted molar refractivity (Wildman–Crippen MR) is 315 cm³/mol. The van der Waals surface area contributed by atoms with Crippen LogP contribution in [0.25, 0.3) is 66.0 Å². The first kappa shape index (κ1) is 45.7. The predicted octanol–water partition coefficient (Wildman–Crippen LogP) is 18.3. The van der Waals surface area contributed by atoms with Crippen molar-refractivity contribution in [3.05, 3.63) is 148 Å². The number of hydrogen-bond donors (Lipinski definition) is 0. The van der Waals surface area contributed by atoms with E-state index in [1.165, 1.54) is 49.8 Å². The molecule has 0 saturated carbocycles. The van der Waals surface area contributed by atoms with Crippen LogP contribution >= 0.6 is 0 Å². The molecule has 0 amide bonds. The summed E-state index contributed by atoms with van der Waals surface area (Å²) < 4.78 is 22.2. The van der Waals surface area contributed by atoms with E-state index in [1.54, 1.807) is 0 Å². The van der Waals surface area contributed by atoms with E-state index in [4.69, 9.17) is 13.3 Å². The number of benzene rings is 7. The Balaban J connectivity index is 1.12. The summed E-state index contributed by atoms with van der Waals surface area (Å²) in [5.74, 6) is 0. The molecule has 376 valence electrons. The Morgan fingerprint density at radius 3 is 1.57 bits per heavy atom. The van der Waals surface area contributed by atoms with E-state index in [9.17, 15) is 0 Å². The first-order valence-corrected chi connectivity index (χ1v) is 28.0. The fourth-order valence-corrected chi connectivity index (χ4v) is 15.1. The number of rotatable bonds is 2. The van der Waals surface area contributed by atoms with Crippen molar-refractivity contribution in [1.29, 1.82) is 0 Å². The monoisotopic (exact) mass is 985 g/mol. The summed E-state index contributed by atoms with van der Waals surface area (Å²) in [4.78, 5) is 5.19. The fraction of sp³-hybridized carbons (Fsp3) is 0.362. The third-order valence-corrected chi connectivity index (χ3v) is 20.1. The third kappa shape index (κ3) is 6.14. The molecule has 75 heavy (non-hydrogen) atoms. The van der Waals surface area contributed by atoms with Gasteiger partial charge in [-0.15, -0.1) is 0 Å². The zero-order chi connectivity index (χ0) is 51.8. The summed E-state index contributed by atoms with van der Waals surface area (Å²) in [6.45, 7) is 31.0. The zero-order valence-electron chi connectivity index (χ0n) is 46.3. The molecule has 5 heterocycles. The van der Waals surface area contributed by atoms with Crippen LogP contribution in [0.4, 0.5) is 28.4 Å². The second kappa shape index (κ2) is 14.4. The first-order chi connectivity index (χ1) is 35.5. The van der Waals surface area contributed by atoms with Crippen LogP contribution in [0.2, 0.25) is 0 Å². The second-order valence-electron chi connectivity index (χ2n) is 27.7. The van der Waals surface area contributed by atoms with Crippen LogP contribution in [0.15, 0.2) is 122 Å². The zero-order valence-corrected chi connectivity index (χ0v) is 46.3. The molecule has 5 nitrogen and oxygen atoms in total. The molecule has 0 atom stereocenters. The number of fused-ring (bicyclic) bond motifs is 16. The highest BCUT2D eigenvalue weighted by molar-refractivity contribution is 6.93. The van der Waals surface area contributed by atoms with Crippen molar-refractivity contribution in [2.45, 2.75) is 161 Å². The van der Waals surface area contributed by atoms with Crippen LogP contribution < -0.4 is 20.8 Å². The van der Waals surface area contributed by atoms with Crippen molar-refractivity contribution in [2.75, 3.05) is 9.71 Å². The van der Waals surface area contributed by atoms with Crippen molar-refractivity contribution < 1.29 is 13.3 Å². The average Bonchev–Trinajstić information content (AvgIpc) is 4.06. The minimum absolute atomic E-state index is 0.00246. The van der Waals surface area contributed by atoms with Gasteiger partial charge in [0.15, 0.2) is 0 Å². The van der Waals surface area contributed by atoms with Gasteiger partial charge in [-0.25, -0.2) is 0 Å². The molecule has 3 aliphatic carbocycles. The largest absolute Gasteiger partial charge is 0.466 e. The van der Waals surface area contributed by atoms with E-state index >= 15 is 0 Å². The summed E-state index contributed by atoms with van der Waals surface area (Å²) in [6, 6.07) is 42.3. The van der Waals surface area contributed by atoms with E-state index in [0.29, 0.717) is 0 Å². The lowest BCUT2D eigenvalue weighted by Crippen LogP contribution is -2.61. The van der Waals surface area contributed by atoms with Crippen LogP contribution in [-0.4, -0.2) is 6.85 Å². The molecule has 6 heteroatoms. The first-order valence-electron chi connectivity index (χ1n) is 28.0. The van der Waals surface area contributed by atoms with Gasteiger partial charge in [-0.3, -0.25) is 0 Å². The van der Waals surface area contributed by atoms with Gasteiger partial charge >= 0.3 is 6.85 Å². The van der Waals surface area contributed by atoms with Gasteiger partial charge in [-0.1, -0.05) is 125 Å². The Morgan fingerprint density at radius 2 is 0.933 bits per heavy atom. The van der Waals surface area contributed by atoms with Crippen molar-refractivity contribution in [3.63, 3.8) is 0 Å². The van der Waals surface area contributed by atoms with Gasteiger partial charge in [0, 0.05) is 66.9 Å². The van der Waals surface area contributed by atoms with Crippen molar-refractivity contribution in [3.8, 4) is 11.1 Å². The average molecular weight is 985 g/mol. The minimum atomic E-state index is -0.358. The van der Waals surface area contributed by atoms with E-state index in [-0.39, 0.29) is 39.3 Å². The van der Waals surface area contributed by atoms with E-state index in [0.717, 1.165) is 133 Å². The van der Waals surface area contributed by atoms with E-state index in [1.807, 2.05) is 0 Å². The van der Waals surface area contributed by atoms with Gasteiger partial charge in [0.25, 0.3) is 0 Å². The maximum absolute atomic E-state index is 7.76. The van der Waals surface area contributed by atoms with Gasteiger partial charge in [-0.2, -0.15) is 0 Å². The van der Waals surface area contributed by atoms with Crippen LogP contribution in [0.5, 0.6) is 0 Å². The van der Waals surface area contributed by atoms with Crippen LogP contribution in [0.1, 0.15) is 161 Å². The van der Waals surface area contributed by atoms with Gasteiger partial charge in [0.2, 0.25) is 0 Å². The number of aryl methyl sites for hydroxylation is 1. The quantitative estimate of drug-likeness (QED) is 0.162. The summed E-state index contributed by atoms with van der Waals surface area (Å²) in [6.07, 6.45) is 6.85. The fourth-order valence-electron chi connectivity index (χ4n) is 15.1. The van der Waals surface area contributed by atoms with E-state index < -0.39 is 0 Å². The lowest BCUT2D eigenvalue weighted by molar-refractivity contribution is 0.332. The Morgan fingerprint density at radius 1 is 0.413 bits per heavy atom. The number of furan rings is 3. The van der Waals surface area contributed by atoms with Crippen molar-refractivity contribution >= 4 is 101 Å². The summed E-state index contributed by atoms with van der Waals surface area (Å²) in [5.41, 5.74) is 24.5. The molecule has 0 N–H and O–H groups in total. The topological polar surface area (TPSA) is 45.9 Å². The second-order valence-corrected chi connectivity index (χ2v) is 27.7. The highest BCUT2D eigenvalue weighted by Gasteiger charge is 2.51. The SMILES string of the molecule is Cc1ccc(N2B3c4oc5cc6c(cc5c4N(c4ccc5c(c4)C(C)(C)CCC5(C)C)c4cc5c(oc7ccccc75)c(c43)-c3cc4c(cc32)oc2cc3c(cc24)C(C)(C)CCC3(C)C)C(C)(C)CCC6(C)C)cc1. The number of para-hydroxylation sites is 1. The van der Waals surface area contributed by atoms with Gasteiger partial charge < -0.3 is 23.0 Å². The minimum Gasteiger partial charge on any atom is -0.466 e. The Labute approximate surface area is 442 Å². The normalized spacial score (nSPS) is 20.0. The highest BCUT2D eigenvalue weighted by atomic mass is 16.3. The number of hydrogen-bond acceptors (Lipinski definition) is 5. The molecular weight excluding hydrogens is 916 g/mol. The third-order valence-electron chi connectivity index (χ3n) is 20.1.